The van der Waals surface area contributed by atoms with Crippen molar-refractivity contribution in [2.75, 3.05) is 37.7 Å². The van der Waals surface area contributed by atoms with Gasteiger partial charge in [-0.2, -0.15) is 25.3 Å². The highest BCUT2D eigenvalue weighted by molar-refractivity contribution is 7.80. The van der Waals surface area contributed by atoms with E-state index in [2.05, 4.69) is 73.1 Å². The summed E-state index contributed by atoms with van der Waals surface area (Å²) in [6, 6.07) is -0.662. The fourth-order valence-corrected chi connectivity index (χ4v) is 10.8. The number of likely N-dealkylation sites (tertiary alicyclic amines) is 2. The van der Waals surface area contributed by atoms with Crippen molar-refractivity contribution >= 4 is 96.3 Å². The third-order valence-electron chi connectivity index (χ3n) is 16.0. The van der Waals surface area contributed by atoms with Gasteiger partial charge in [-0.15, -0.1) is 0 Å². The number of aromatic hydroxyl groups is 1. The number of nitrogens with zero attached hydrogens (tertiary/aromatic N) is 2. The SMILES string of the molecule is CC[C@H](C)[C@H](NC(=O)[C@@H]1CCCN1C(=O)[C@@H]1CCCN1C(=O)[C@@H](NC(=O)[C@H](CO)NC(=O)[C@H](Cc1ccc(O)cc1)NC(=O)[C@@H](NC(=O)[C@H](CS)NC(=O)[C@@H](N)CCCNC(=N)N)[C@@H](C)O)[C@@H](C)CC)C(=O)N[C@@H](CS)C(=O)N[C@@H](Cc1ccccc1)C(=O)O. The molecule has 14 atom stereocenters. The van der Waals surface area contributed by atoms with Gasteiger partial charge in [0.1, 0.15) is 66.2 Å². The molecule has 2 aliphatic heterocycles. The van der Waals surface area contributed by atoms with E-state index in [9.17, 15) is 73.2 Å². The predicted octanol–water partition coefficient (Wildman–Crippen LogP) is -2.96. The van der Waals surface area contributed by atoms with Gasteiger partial charge in [0, 0.05) is 44.0 Å². The van der Waals surface area contributed by atoms with Gasteiger partial charge in [-0.1, -0.05) is 83.0 Å². The number of hydrogen-bond donors (Lipinski definition) is 18. The minimum absolute atomic E-state index is 0.0291. The van der Waals surface area contributed by atoms with E-state index in [4.69, 9.17) is 16.9 Å². The second-order valence-electron chi connectivity index (χ2n) is 22.7. The van der Waals surface area contributed by atoms with E-state index >= 15 is 0 Å². The van der Waals surface area contributed by atoms with Crippen molar-refractivity contribution in [2.45, 2.75) is 171 Å². The summed E-state index contributed by atoms with van der Waals surface area (Å²) in [7, 11) is 0. The summed E-state index contributed by atoms with van der Waals surface area (Å²) in [5, 5.41) is 71.3. The second-order valence-corrected chi connectivity index (χ2v) is 23.4. The molecule has 90 heavy (non-hydrogen) atoms. The maximum absolute atomic E-state index is 14.7. The summed E-state index contributed by atoms with van der Waals surface area (Å²) >= 11 is 8.42. The molecule has 4 rings (SSSR count). The van der Waals surface area contributed by atoms with Crippen molar-refractivity contribution in [3.8, 4) is 5.75 Å². The largest absolute Gasteiger partial charge is 0.508 e. The van der Waals surface area contributed by atoms with Crippen molar-refractivity contribution in [1.82, 2.24) is 57.7 Å². The number of carbonyl (C=O) groups excluding carboxylic acids is 10. The van der Waals surface area contributed by atoms with Crippen LogP contribution < -0.4 is 59.3 Å². The molecule has 0 saturated carbocycles. The Morgan fingerprint density at radius 1 is 0.611 bits per heavy atom. The normalized spacial score (nSPS) is 18.6. The van der Waals surface area contributed by atoms with E-state index in [0.717, 1.165) is 0 Å². The fraction of sp³-hybridized carbons (Fsp3) is 0.593. The highest BCUT2D eigenvalue weighted by Gasteiger charge is 2.46. The molecule has 2 fully saturated rings. The van der Waals surface area contributed by atoms with Crippen LogP contribution in [0.25, 0.3) is 0 Å². The number of aliphatic carboxylic acids is 1. The van der Waals surface area contributed by atoms with Gasteiger partial charge in [-0.05, 0) is 80.5 Å². The first-order valence-corrected chi connectivity index (χ1v) is 31.4. The number of nitrogens with one attached hydrogen (secondary N) is 10. The molecule has 0 spiro atoms. The van der Waals surface area contributed by atoms with Crippen LogP contribution in [0, 0.1) is 17.2 Å². The number of guanidine groups is 1. The number of rotatable bonds is 35. The number of aliphatic hydroxyl groups excluding tert-OH is 2. The standard InChI is InChI=1S/C59H90N14O15S2/c1-6-31(3)45(54(83)68-41(29-89)51(80)65-39(58(87)88)27-34-14-9-8-10-15-34)69-53(82)43-17-12-24-72(43)56(85)44-18-13-25-73(44)57(86)46(32(4)7-2)70-50(79)40(28-74)66-49(78)38(26-35-19-21-36(76)22-20-35)64-55(84)47(33(5)75)71-52(81)42(30-90)67-48(77)37(60)16-11-23-63-59(61)62/h8-10,14-15,19-22,31-33,37-47,74-76,89-90H,6-7,11-13,16-18,23-30,60H2,1-5H3,(H,64,84)(H,65,80)(H,66,78)(H,67,77)(H,68,83)(H,69,82)(H,70,79)(H,71,81)(H,87,88)(H4,61,62,63)/t31-,32-,33+,37-,38-,39-,40-,41-,42-,43-,44-,45-,46-,47-/m0/s1. The highest BCUT2D eigenvalue weighted by Crippen LogP contribution is 2.27. The molecule has 18 N–H and O–H groups in total. The molecule has 0 bridgehead atoms. The molecule has 498 valence electrons. The van der Waals surface area contributed by atoms with E-state index in [0.29, 0.717) is 43.2 Å². The zero-order chi connectivity index (χ0) is 66.9. The van der Waals surface area contributed by atoms with Gasteiger partial charge in [-0.3, -0.25) is 53.4 Å². The molecule has 0 aromatic heterocycles. The number of carboxylic acids is 1. The van der Waals surface area contributed by atoms with Crippen molar-refractivity contribution < 1.29 is 73.2 Å². The lowest BCUT2D eigenvalue weighted by Crippen LogP contribution is -2.63. The predicted molar refractivity (Wildman–Crippen MR) is 337 cm³/mol. The number of thiol groups is 2. The molecule has 31 heteroatoms. The molecular weight excluding hydrogens is 1210 g/mol. The van der Waals surface area contributed by atoms with Crippen LogP contribution in [0.2, 0.25) is 0 Å². The number of nitrogens with two attached hydrogens (primary N) is 2. The molecular formula is C59H90N14O15S2. The van der Waals surface area contributed by atoms with Crippen LogP contribution in [-0.4, -0.2) is 212 Å². The van der Waals surface area contributed by atoms with E-state index in [-0.39, 0.29) is 75.0 Å². The number of aliphatic hydroxyl groups is 2. The lowest BCUT2D eigenvalue weighted by atomic mass is 9.96. The number of hydrogen-bond acceptors (Lipinski definition) is 18. The van der Waals surface area contributed by atoms with Crippen molar-refractivity contribution in [3.63, 3.8) is 0 Å². The Hall–Kier alpha value is -7.74. The Morgan fingerprint density at radius 3 is 1.66 bits per heavy atom. The van der Waals surface area contributed by atoms with Crippen molar-refractivity contribution in [2.24, 2.45) is 23.3 Å². The average Bonchev–Trinajstić information content (AvgIpc) is 2.03. The summed E-state index contributed by atoms with van der Waals surface area (Å²) in [6.45, 7) is 7.59. The van der Waals surface area contributed by atoms with Gasteiger partial charge < -0.3 is 89.5 Å². The fourth-order valence-electron chi connectivity index (χ4n) is 10.2. The van der Waals surface area contributed by atoms with Crippen molar-refractivity contribution in [3.05, 3.63) is 65.7 Å². The molecule has 0 aliphatic carbocycles. The minimum Gasteiger partial charge on any atom is -0.508 e. The van der Waals surface area contributed by atoms with Crippen LogP contribution >= 0.6 is 25.3 Å². The lowest BCUT2D eigenvalue weighted by molar-refractivity contribution is -0.149. The number of benzene rings is 2. The van der Waals surface area contributed by atoms with Crippen LogP contribution in [-0.2, 0) is 65.6 Å². The lowest BCUT2D eigenvalue weighted by Gasteiger charge is -2.35. The number of carbonyl (C=O) groups is 11. The third-order valence-corrected chi connectivity index (χ3v) is 16.7. The van der Waals surface area contributed by atoms with E-state index in [1.807, 2.05) is 0 Å². The van der Waals surface area contributed by atoms with Gasteiger partial charge in [0.25, 0.3) is 0 Å². The Morgan fingerprint density at radius 2 is 1.09 bits per heavy atom. The summed E-state index contributed by atoms with van der Waals surface area (Å²) in [6.07, 6.45) is 0.473. The monoisotopic (exact) mass is 1300 g/mol. The van der Waals surface area contributed by atoms with Gasteiger partial charge in [-0.25, -0.2) is 4.79 Å². The smallest absolute Gasteiger partial charge is 0.326 e. The van der Waals surface area contributed by atoms with E-state index < -0.39 is 156 Å². The van der Waals surface area contributed by atoms with Gasteiger partial charge >= 0.3 is 5.97 Å². The van der Waals surface area contributed by atoms with Gasteiger partial charge in [0.15, 0.2) is 5.96 Å². The quantitative estimate of drug-likeness (QED) is 0.0142. The summed E-state index contributed by atoms with van der Waals surface area (Å²) in [5.41, 5.74) is 12.3. The molecule has 2 aromatic carbocycles. The third kappa shape index (κ3) is 22.0. The first kappa shape index (κ1) is 74.7. The Bertz CT molecular complexity index is 2810. The van der Waals surface area contributed by atoms with Crippen LogP contribution in [0.3, 0.4) is 0 Å². The topological polar surface area (TPSA) is 459 Å². The molecule has 2 aromatic rings. The molecule has 29 nitrogen and oxygen atoms in total. The summed E-state index contributed by atoms with van der Waals surface area (Å²) < 4.78 is 0. The van der Waals surface area contributed by atoms with Crippen molar-refractivity contribution in [1.29, 1.82) is 5.41 Å². The summed E-state index contributed by atoms with van der Waals surface area (Å²) in [4.78, 5) is 155. The maximum atomic E-state index is 14.7. The molecule has 0 radical (unpaired) electrons. The molecule has 10 amide bonds. The Balaban J connectivity index is 1.47. The highest BCUT2D eigenvalue weighted by atomic mass is 32.1. The van der Waals surface area contributed by atoms with Crippen LogP contribution in [0.5, 0.6) is 5.75 Å². The van der Waals surface area contributed by atoms with E-state index in [1.165, 1.54) is 41.0 Å². The zero-order valence-corrected chi connectivity index (χ0v) is 53.1. The zero-order valence-electron chi connectivity index (χ0n) is 51.3. The van der Waals surface area contributed by atoms with Crippen LogP contribution in [0.1, 0.15) is 97.1 Å². The minimum atomic E-state index is -1.75. The van der Waals surface area contributed by atoms with Gasteiger partial charge in [0.2, 0.25) is 59.1 Å². The van der Waals surface area contributed by atoms with E-state index in [1.54, 1.807) is 58.0 Å². The first-order chi connectivity index (χ1) is 42.7. The average molecular weight is 1300 g/mol. The molecule has 2 heterocycles. The van der Waals surface area contributed by atoms with Gasteiger partial charge in [0.05, 0.1) is 18.8 Å². The molecule has 0 unspecified atom stereocenters. The second kappa shape index (κ2) is 36.8. The Kier molecular flexibility index (Phi) is 30.6. The van der Waals surface area contributed by atoms with Crippen LogP contribution in [0.15, 0.2) is 54.6 Å². The Labute approximate surface area is 534 Å². The van der Waals surface area contributed by atoms with Crippen LogP contribution in [0.4, 0.5) is 0 Å². The number of phenols is 1. The summed E-state index contributed by atoms with van der Waals surface area (Å²) in [5.74, 6) is -11.5. The maximum Gasteiger partial charge on any atom is 0.326 e. The number of amides is 10. The molecule has 2 aliphatic rings. The number of phenolic OH excluding ortho intramolecular Hbond substituents is 1. The number of carboxylic acid groups (broad SMARTS) is 1. The molecule has 2 saturated heterocycles. The first-order valence-electron chi connectivity index (χ1n) is 30.1.